The van der Waals surface area contributed by atoms with E-state index in [1.165, 1.54) is 11.3 Å². The van der Waals surface area contributed by atoms with Crippen LogP contribution in [0.4, 0.5) is 0 Å². The van der Waals surface area contributed by atoms with E-state index in [4.69, 9.17) is 0 Å². The SMILES string of the molecule is Cn1/c(=N\NC(=O)C2CCCN2C(=O)Cc2cccs2)sc2ccccc21. The van der Waals surface area contributed by atoms with E-state index in [1.807, 2.05) is 53.4 Å². The highest BCUT2D eigenvalue weighted by molar-refractivity contribution is 7.16. The van der Waals surface area contributed by atoms with Crippen LogP contribution in [0.3, 0.4) is 0 Å². The molecule has 0 radical (unpaired) electrons. The fourth-order valence-corrected chi connectivity index (χ4v) is 5.04. The molecule has 8 heteroatoms. The average Bonchev–Trinajstić information content (AvgIpc) is 3.40. The van der Waals surface area contributed by atoms with Crippen LogP contribution >= 0.6 is 22.7 Å². The molecule has 0 spiro atoms. The minimum absolute atomic E-state index is 0.00233. The summed E-state index contributed by atoms with van der Waals surface area (Å²) in [7, 11) is 1.93. The van der Waals surface area contributed by atoms with Crippen molar-refractivity contribution in [1.82, 2.24) is 14.9 Å². The molecule has 0 bridgehead atoms. The van der Waals surface area contributed by atoms with Crippen molar-refractivity contribution in [3.63, 3.8) is 0 Å². The Kier molecular flexibility index (Phi) is 5.09. The van der Waals surface area contributed by atoms with Gasteiger partial charge in [0.05, 0.1) is 16.6 Å². The van der Waals surface area contributed by atoms with Crippen LogP contribution in [-0.4, -0.2) is 33.9 Å². The van der Waals surface area contributed by atoms with E-state index in [9.17, 15) is 9.59 Å². The van der Waals surface area contributed by atoms with Crippen LogP contribution in [0.1, 0.15) is 17.7 Å². The fourth-order valence-electron chi connectivity index (χ4n) is 3.37. The highest BCUT2D eigenvalue weighted by Crippen LogP contribution is 2.20. The summed E-state index contributed by atoms with van der Waals surface area (Å²) in [6.45, 7) is 0.624. The molecule has 1 saturated heterocycles. The molecule has 1 N–H and O–H groups in total. The van der Waals surface area contributed by atoms with Crippen LogP contribution in [0.15, 0.2) is 46.9 Å². The number of aromatic nitrogens is 1. The number of amides is 2. The van der Waals surface area contributed by atoms with Crippen molar-refractivity contribution in [2.24, 2.45) is 12.1 Å². The van der Waals surface area contributed by atoms with Crippen molar-refractivity contribution in [3.05, 3.63) is 51.5 Å². The molecule has 1 aliphatic rings. The smallest absolute Gasteiger partial charge is 0.262 e. The van der Waals surface area contributed by atoms with Gasteiger partial charge in [0, 0.05) is 18.5 Å². The van der Waals surface area contributed by atoms with E-state index in [2.05, 4.69) is 10.5 Å². The predicted molar refractivity (Wildman–Crippen MR) is 107 cm³/mol. The first kappa shape index (κ1) is 17.9. The lowest BCUT2D eigenvalue weighted by atomic mass is 10.2. The third kappa shape index (κ3) is 3.68. The molecule has 4 rings (SSSR count). The van der Waals surface area contributed by atoms with Gasteiger partial charge in [-0.25, -0.2) is 5.43 Å². The summed E-state index contributed by atoms with van der Waals surface area (Å²) >= 11 is 3.08. The van der Waals surface area contributed by atoms with E-state index in [-0.39, 0.29) is 11.8 Å². The Morgan fingerprint density at radius 3 is 2.89 bits per heavy atom. The highest BCUT2D eigenvalue weighted by atomic mass is 32.1. The lowest BCUT2D eigenvalue weighted by molar-refractivity contribution is -0.137. The normalized spacial score (nSPS) is 17.6. The summed E-state index contributed by atoms with van der Waals surface area (Å²) in [6, 6.07) is 11.5. The predicted octanol–water partition coefficient (Wildman–Crippen LogP) is 2.47. The quantitative estimate of drug-likeness (QED) is 0.684. The van der Waals surface area contributed by atoms with Gasteiger partial charge in [-0.3, -0.25) is 9.59 Å². The molecular weight excluding hydrogens is 380 g/mol. The Morgan fingerprint density at radius 1 is 1.26 bits per heavy atom. The van der Waals surface area contributed by atoms with Gasteiger partial charge >= 0.3 is 0 Å². The third-order valence-electron chi connectivity index (χ3n) is 4.76. The first-order valence-electron chi connectivity index (χ1n) is 8.83. The number of carbonyl (C=O) groups excluding carboxylic acids is 2. The zero-order valence-corrected chi connectivity index (χ0v) is 16.6. The number of carbonyl (C=O) groups is 2. The van der Waals surface area contributed by atoms with Crippen molar-refractivity contribution in [2.75, 3.05) is 6.54 Å². The van der Waals surface area contributed by atoms with E-state index < -0.39 is 6.04 Å². The maximum Gasteiger partial charge on any atom is 0.262 e. The Labute approximate surface area is 164 Å². The molecule has 2 aromatic heterocycles. The van der Waals surface area contributed by atoms with Gasteiger partial charge in [-0.05, 0) is 36.4 Å². The van der Waals surface area contributed by atoms with Crippen molar-refractivity contribution < 1.29 is 9.59 Å². The lowest BCUT2D eigenvalue weighted by Gasteiger charge is -2.22. The third-order valence-corrected chi connectivity index (χ3v) is 6.75. The molecular formula is C19H20N4O2S2. The van der Waals surface area contributed by atoms with Crippen molar-refractivity contribution in [3.8, 4) is 0 Å². The number of benzene rings is 1. The molecule has 1 unspecified atom stereocenters. The van der Waals surface area contributed by atoms with E-state index in [0.717, 1.165) is 26.3 Å². The number of nitrogens with zero attached hydrogens (tertiary/aromatic N) is 3. The standard InChI is InChI=1S/C19H20N4O2S2/c1-22-14-7-2-3-9-16(14)27-19(22)21-20-18(25)15-8-4-10-23(15)17(24)12-13-6-5-11-26-13/h2-3,5-7,9,11,15H,4,8,10,12H2,1H3,(H,20,25)/b21-19+. The van der Waals surface area contributed by atoms with Crippen LogP contribution in [0.5, 0.6) is 0 Å². The van der Waals surface area contributed by atoms with Gasteiger partial charge in [0.15, 0.2) is 0 Å². The van der Waals surface area contributed by atoms with Gasteiger partial charge in [0.2, 0.25) is 10.7 Å². The Balaban J connectivity index is 1.48. The molecule has 1 aliphatic heterocycles. The summed E-state index contributed by atoms with van der Waals surface area (Å²) in [5, 5.41) is 6.26. The number of fused-ring (bicyclic) bond motifs is 1. The molecule has 1 atom stereocenters. The first-order chi connectivity index (χ1) is 13.1. The van der Waals surface area contributed by atoms with Gasteiger partial charge in [0.1, 0.15) is 6.04 Å². The number of likely N-dealkylation sites (tertiary alicyclic amines) is 1. The zero-order valence-electron chi connectivity index (χ0n) is 14.9. The minimum atomic E-state index is -0.444. The summed E-state index contributed by atoms with van der Waals surface area (Å²) < 4.78 is 3.07. The second-order valence-corrected chi connectivity index (χ2v) is 8.54. The molecule has 0 aliphatic carbocycles. The van der Waals surface area contributed by atoms with Crippen LogP contribution < -0.4 is 10.2 Å². The molecule has 3 aromatic rings. The van der Waals surface area contributed by atoms with Crippen LogP contribution in [0.2, 0.25) is 0 Å². The summed E-state index contributed by atoms with van der Waals surface area (Å²) in [6.07, 6.45) is 1.87. The Morgan fingerprint density at radius 2 is 2.11 bits per heavy atom. The number of thiazole rings is 1. The summed E-state index contributed by atoms with van der Waals surface area (Å²) in [5.74, 6) is -0.216. The zero-order chi connectivity index (χ0) is 18.8. The number of hydrogen-bond donors (Lipinski definition) is 1. The molecule has 0 saturated carbocycles. The lowest BCUT2D eigenvalue weighted by Crippen LogP contribution is -2.45. The molecule has 2 amide bonds. The maximum atomic E-state index is 12.7. The van der Waals surface area contributed by atoms with Gasteiger partial charge in [-0.15, -0.1) is 16.4 Å². The van der Waals surface area contributed by atoms with E-state index >= 15 is 0 Å². The molecule has 3 heterocycles. The number of aryl methyl sites for hydroxylation is 1. The molecule has 27 heavy (non-hydrogen) atoms. The monoisotopic (exact) mass is 400 g/mol. The van der Waals surface area contributed by atoms with Crippen LogP contribution in [-0.2, 0) is 23.1 Å². The van der Waals surface area contributed by atoms with Gasteiger partial charge in [-0.1, -0.05) is 29.5 Å². The molecule has 1 fully saturated rings. The number of rotatable bonds is 4. The van der Waals surface area contributed by atoms with Crippen molar-refractivity contribution in [2.45, 2.75) is 25.3 Å². The number of para-hydroxylation sites is 1. The first-order valence-corrected chi connectivity index (χ1v) is 10.5. The van der Waals surface area contributed by atoms with Crippen LogP contribution in [0.25, 0.3) is 10.2 Å². The van der Waals surface area contributed by atoms with E-state index in [1.54, 1.807) is 16.2 Å². The topological polar surface area (TPSA) is 66.7 Å². The fraction of sp³-hybridized carbons (Fsp3) is 0.316. The molecule has 1 aromatic carbocycles. The maximum absolute atomic E-state index is 12.7. The van der Waals surface area contributed by atoms with Gasteiger partial charge in [-0.2, -0.15) is 0 Å². The van der Waals surface area contributed by atoms with Crippen LogP contribution in [0, 0.1) is 0 Å². The van der Waals surface area contributed by atoms with Crippen molar-refractivity contribution in [1.29, 1.82) is 0 Å². The molecule has 140 valence electrons. The molecule has 6 nitrogen and oxygen atoms in total. The number of thiophene rings is 1. The van der Waals surface area contributed by atoms with Gasteiger partial charge < -0.3 is 9.47 Å². The second-order valence-electron chi connectivity index (χ2n) is 6.50. The Hall–Kier alpha value is -2.45. The second kappa shape index (κ2) is 7.66. The van der Waals surface area contributed by atoms with E-state index in [0.29, 0.717) is 19.4 Å². The summed E-state index contributed by atoms with van der Waals surface area (Å²) in [5.41, 5.74) is 3.74. The van der Waals surface area contributed by atoms with Crippen molar-refractivity contribution >= 4 is 44.7 Å². The number of nitrogens with one attached hydrogen (secondary N) is 1. The largest absolute Gasteiger partial charge is 0.330 e. The average molecular weight is 401 g/mol. The summed E-state index contributed by atoms with van der Waals surface area (Å²) in [4.78, 5) is 28.7. The highest BCUT2D eigenvalue weighted by Gasteiger charge is 2.34. The number of hydrogen-bond acceptors (Lipinski definition) is 5. The minimum Gasteiger partial charge on any atom is -0.330 e. The Bertz CT molecular complexity index is 1040. The van der Waals surface area contributed by atoms with Gasteiger partial charge in [0.25, 0.3) is 5.91 Å².